The first-order chi connectivity index (χ1) is 17.3. The molecular formula is C29H25NO5S. The molecule has 0 aliphatic heterocycles. The van der Waals surface area contributed by atoms with Gasteiger partial charge < -0.3 is 14.4 Å². The van der Waals surface area contributed by atoms with Gasteiger partial charge in [0.1, 0.15) is 17.2 Å². The van der Waals surface area contributed by atoms with Gasteiger partial charge in [-0.25, -0.2) is 8.42 Å². The first-order valence-corrected chi connectivity index (χ1v) is 12.6. The lowest BCUT2D eigenvalue weighted by molar-refractivity contribution is -0.646. The van der Waals surface area contributed by atoms with E-state index in [0.717, 1.165) is 16.6 Å². The molecule has 4 aromatic carbocycles. The Balaban J connectivity index is 0.000000187. The van der Waals surface area contributed by atoms with Crippen LogP contribution in [0.5, 0.6) is 11.5 Å². The summed E-state index contributed by atoms with van der Waals surface area (Å²) in [5, 5.41) is 12.1. The Morgan fingerprint density at radius 1 is 0.833 bits per heavy atom. The maximum absolute atomic E-state index is 10.9. The quantitative estimate of drug-likeness (QED) is 0.268. The summed E-state index contributed by atoms with van der Waals surface area (Å²) in [6, 6.07) is 29.4. The van der Waals surface area contributed by atoms with Gasteiger partial charge in [0.25, 0.3) is 0 Å². The molecule has 36 heavy (non-hydrogen) atoms. The second-order valence-corrected chi connectivity index (χ2v) is 9.42. The predicted molar refractivity (Wildman–Crippen MR) is 141 cm³/mol. The van der Waals surface area contributed by atoms with Crippen molar-refractivity contribution in [3.05, 3.63) is 108 Å². The number of aromatic nitrogens is 1. The van der Waals surface area contributed by atoms with Crippen LogP contribution in [0.2, 0.25) is 0 Å². The molecule has 0 saturated heterocycles. The molecule has 0 unspecified atom stereocenters. The summed E-state index contributed by atoms with van der Waals surface area (Å²) in [6.07, 6.45) is 4.06. The molecule has 0 radical (unpaired) electrons. The van der Waals surface area contributed by atoms with Crippen molar-refractivity contribution in [1.29, 1.82) is 0 Å². The van der Waals surface area contributed by atoms with Gasteiger partial charge in [-0.3, -0.25) is 0 Å². The van der Waals surface area contributed by atoms with Gasteiger partial charge in [0.15, 0.2) is 11.5 Å². The number of fused-ring (bicyclic) bond motifs is 2. The van der Waals surface area contributed by atoms with E-state index in [9.17, 15) is 18.1 Å². The molecule has 0 saturated carbocycles. The highest BCUT2D eigenvalue weighted by atomic mass is 32.2. The predicted octanol–water partition coefficient (Wildman–Crippen LogP) is 5.29. The van der Waals surface area contributed by atoms with Crippen LogP contribution in [-0.2, 0) is 17.2 Å². The van der Waals surface area contributed by atoms with Crippen LogP contribution < -0.4 is 9.30 Å². The Bertz CT molecular complexity index is 1670. The molecule has 0 amide bonds. The van der Waals surface area contributed by atoms with Crippen LogP contribution in [0, 0.1) is 0 Å². The van der Waals surface area contributed by atoms with Gasteiger partial charge in [0.2, 0.25) is 11.2 Å². The van der Waals surface area contributed by atoms with Crippen molar-refractivity contribution in [3.8, 4) is 11.5 Å². The average Bonchev–Trinajstić information content (AvgIpc) is 2.89. The van der Waals surface area contributed by atoms with Crippen LogP contribution in [0.4, 0.5) is 0 Å². The third-order valence-electron chi connectivity index (χ3n) is 5.79. The average molecular weight is 500 g/mol. The minimum atomic E-state index is -4.38. The lowest BCUT2D eigenvalue weighted by Gasteiger charge is -2.09. The monoisotopic (exact) mass is 499 g/mol. The Labute approximate surface area is 210 Å². The van der Waals surface area contributed by atoms with E-state index >= 15 is 0 Å². The number of aryl methyl sites for hydroxylation is 1. The molecule has 7 heteroatoms. The molecule has 0 aliphatic rings. The van der Waals surface area contributed by atoms with Crippen molar-refractivity contribution in [2.24, 2.45) is 7.05 Å². The van der Waals surface area contributed by atoms with Gasteiger partial charge in [0.05, 0.1) is 12.0 Å². The van der Waals surface area contributed by atoms with E-state index < -0.39 is 10.1 Å². The lowest BCUT2D eigenvalue weighted by atomic mass is 10.1. The zero-order chi connectivity index (χ0) is 25.7. The zero-order valence-corrected chi connectivity index (χ0v) is 20.6. The van der Waals surface area contributed by atoms with Crippen LogP contribution >= 0.6 is 0 Å². The number of ether oxygens (including phenoxy) is 1. The number of phenolic OH excluding ortho intramolecular Hbond substituents is 1. The standard InChI is InChI=1S/C19H17NO2.C10H8O3S/c1-20-16(11-9-15-5-3-4-6-17(15)20)10-7-14-8-12-18(21)19(13-14)22-2;11-14(12,13)10-7-3-5-8-4-1-2-6-9(8)10/h3-13H,1-2H3;1-7H,(H,11,12,13). The molecule has 1 N–H and O–H groups in total. The molecule has 6 nitrogen and oxygen atoms in total. The molecule has 0 atom stereocenters. The summed E-state index contributed by atoms with van der Waals surface area (Å²) in [7, 11) is -0.777. The van der Waals surface area contributed by atoms with E-state index in [2.05, 4.69) is 42.0 Å². The minimum Gasteiger partial charge on any atom is -0.744 e. The van der Waals surface area contributed by atoms with Crippen molar-refractivity contribution in [2.75, 3.05) is 7.11 Å². The van der Waals surface area contributed by atoms with Gasteiger partial charge in [-0.2, -0.15) is 4.57 Å². The fourth-order valence-corrected chi connectivity index (χ4v) is 4.62. The maximum Gasteiger partial charge on any atom is 0.212 e. The molecule has 0 fully saturated rings. The summed E-state index contributed by atoms with van der Waals surface area (Å²) in [6.45, 7) is 0. The SMILES string of the molecule is COc1cc(/C=C/c2ccc3ccccc3[n+]2C)ccc1O.O=S(=O)([O-])c1cccc2ccccc12. The highest BCUT2D eigenvalue weighted by Gasteiger charge is 2.09. The van der Waals surface area contributed by atoms with Crippen molar-refractivity contribution in [1.82, 2.24) is 0 Å². The summed E-state index contributed by atoms with van der Waals surface area (Å²) >= 11 is 0. The third kappa shape index (κ3) is 5.54. The summed E-state index contributed by atoms with van der Waals surface area (Å²) < 4.78 is 40.0. The largest absolute Gasteiger partial charge is 0.744 e. The Morgan fingerprint density at radius 3 is 2.28 bits per heavy atom. The number of methoxy groups -OCH3 is 1. The highest BCUT2D eigenvalue weighted by Crippen LogP contribution is 2.27. The number of rotatable bonds is 4. The second-order valence-electron chi connectivity index (χ2n) is 8.07. The second kappa shape index (κ2) is 10.6. The van der Waals surface area contributed by atoms with Crippen LogP contribution in [0.25, 0.3) is 33.8 Å². The lowest BCUT2D eigenvalue weighted by Crippen LogP contribution is -2.32. The zero-order valence-electron chi connectivity index (χ0n) is 19.8. The molecular weight excluding hydrogens is 474 g/mol. The van der Waals surface area contributed by atoms with E-state index in [0.29, 0.717) is 11.1 Å². The van der Waals surface area contributed by atoms with Gasteiger partial charge in [-0.05, 0) is 52.7 Å². The number of benzene rings is 4. The molecule has 182 valence electrons. The van der Waals surface area contributed by atoms with E-state index in [1.807, 2.05) is 30.3 Å². The van der Waals surface area contributed by atoms with Crippen molar-refractivity contribution in [3.63, 3.8) is 0 Å². The van der Waals surface area contributed by atoms with Crippen molar-refractivity contribution >= 4 is 43.9 Å². The summed E-state index contributed by atoms with van der Waals surface area (Å²) in [5.41, 5.74) is 3.27. The fraction of sp³-hybridized carbons (Fsp3) is 0.0690. The van der Waals surface area contributed by atoms with Crippen molar-refractivity contribution < 1.29 is 27.4 Å². The topological polar surface area (TPSA) is 90.5 Å². The minimum absolute atomic E-state index is 0.149. The van der Waals surface area contributed by atoms with Crippen LogP contribution in [0.3, 0.4) is 0 Å². The smallest absolute Gasteiger partial charge is 0.212 e. The van der Waals surface area contributed by atoms with Crippen LogP contribution in [-0.4, -0.2) is 25.2 Å². The van der Waals surface area contributed by atoms with Gasteiger partial charge in [-0.1, -0.05) is 54.6 Å². The molecule has 0 spiro atoms. The number of pyridine rings is 1. The first-order valence-electron chi connectivity index (χ1n) is 11.1. The number of hydrogen-bond donors (Lipinski definition) is 1. The third-order valence-corrected chi connectivity index (χ3v) is 6.68. The van der Waals surface area contributed by atoms with Crippen LogP contribution in [0.1, 0.15) is 11.3 Å². The fourth-order valence-electron chi connectivity index (χ4n) is 3.92. The van der Waals surface area contributed by atoms with E-state index in [4.69, 9.17) is 4.74 Å². The highest BCUT2D eigenvalue weighted by molar-refractivity contribution is 7.86. The van der Waals surface area contributed by atoms with E-state index in [1.165, 1.54) is 17.0 Å². The molecule has 0 aliphatic carbocycles. The number of hydrogen-bond acceptors (Lipinski definition) is 5. The Morgan fingerprint density at radius 2 is 1.53 bits per heavy atom. The Kier molecular flexibility index (Phi) is 7.33. The van der Waals surface area contributed by atoms with Crippen molar-refractivity contribution in [2.45, 2.75) is 4.90 Å². The van der Waals surface area contributed by atoms with E-state index in [-0.39, 0.29) is 10.6 Å². The molecule has 5 aromatic rings. The van der Waals surface area contributed by atoms with Gasteiger partial charge in [-0.15, -0.1) is 0 Å². The molecule has 0 bridgehead atoms. The Hall–Kier alpha value is -4.20. The maximum atomic E-state index is 10.9. The first kappa shape index (κ1) is 24.9. The normalized spacial score (nSPS) is 11.4. The number of aromatic hydroxyl groups is 1. The summed E-state index contributed by atoms with van der Waals surface area (Å²) in [4.78, 5) is -0.157. The molecule has 1 aromatic heterocycles. The van der Waals surface area contributed by atoms with Gasteiger partial charge >= 0.3 is 0 Å². The number of phenols is 1. The van der Waals surface area contributed by atoms with E-state index in [1.54, 1.807) is 49.6 Å². The summed E-state index contributed by atoms with van der Waals surface area (Å²) in [5.74, 6) is 0.626. The van der Waals surface area contributed by atoms with Crippen LogP contribution in [0.15, 0.2) is 102 Å². The number of nitrogens with zero attached hydrogens (tertiary/aromatic N) is 1. The number of para-hydroxylation sites is 1. The molecule has 1 heterocycles. The van der Waals surface area contributed by atoms with Gasteiger partial charge in [0, 0.05) is 23.6 Å². The molecule has 5 rings (SSSR count).